The Balaban J connectivity index is 1.57. The molecule has 0 spiro atoms. The van der Waals surface area contributed by atoms with Crippen LogP contribution in [0.15, 0.2) is 24.5 Å². The van der Waals surface area contributed by atoms with Crippen molar-refractivity contribution in [3.63, 3.8) is 0 Å². The molecule has 0 bridgehead atoms. The number of likely N-dealkylation sites (N-methyl/N-ethyl adjacent to an activating group) is 1. The van der Waals surface area contributed by atoms with Crippen LogP contribution in [0.3, 0.4) is 0 Å². The zero-order valence-electron chi connectivity index (χ0n) is 15.2. The van der Waals surface area contributed by atoms with E-state index in [1.165, 1.54) is 0 Å². The maximum atomic E-state index is 9.64. The van der Waals surface area contributed by atoms with Crippen molar-refractivity contribution in [2.24, 2.45) is 0 Å². The fourth-order valence-electron chi connectivity index (χ4n) is 3.43. The second-order valence-corrected chi connectivity index (χ2v) is 6.92. The van der Waals surface area contributed by atoms with Crippen molar-refractivity contribution in [1.29, 1.82) is 0 Å². The fraction of sp³-hybridized carbons (Fsp3) is 0.611. The Labute approximate surface area is 153 Å². The van der Waals surface area contributed by atoms with E-state index < -0.39 is 0 Å². The Morgan fingerprint density at radius 1 is 1.35 bits per heavy atom. The number of aliphatic hydroxyl groups excluding tert-OH is 1. The minimum atomic E-state index is -0.275. The Hall–Kier alpha value is -2.19. The average molecular weight is 358 g/mol. The first-order valence-electron chi connectivity index (χ1n) is 9.35. The lowest BCUT2D eigenvalue weighted by molar-refractivity contribution is 0.140. The minimum Gasteiger partial charge on any atom is -0.389 e. The van der Waals surface area contributed by atoms with Crippen LogP contribution in [0.5, 0.6) is 0 Å². The van der Waals surface area contributed by atoms with E-state index >= 15 is 0 Å². The van der Waals surface area contributed by atoms with E-state index in [1.54, 1.807) is 6.20 Å². The number of β-amino-alcohol motifs (C(OH)–C–C–N with tert-alkyl or cyclic N) is 1. The fourth-order valence-corrected chi connectivity index (χ4v) is 3.43. The Kier molecular flexibility index (Phi) is 5.03. The van der Waals surface area contributed by atoms with Crippen LogP contribution in [0, 0.1) is 0 Å². The van der Waals surface area contributed by atoms with Gasteiger partial charge in [-0.05, 0) is 19.4 Å². The van der Waals surface area contributed by atoms with E-state index in [9.17, 15) is 5.11 Å². The second kappa shape index (κ2) is 7.59. The number of aromatic nitrogens is 4. The molecule has 2 fully saturated rings. The quantitative estimate of drug-likeness (QED) is 0.787. The predicted octanol–water partition coefficient (Wildman–Crippen LogP) is 0.884. The summed E-state index contributed by atoms with van der Waals surface area (Å²) in [6, 6.07) is 4.04. The third-order valence-corrected chi connectivity index (χ3v) is 5.08. The van der Waals surface area contributed by atoms with Gasteiger partial charge in [-0.25, -0.2) is 4.98 Å². The molecule has 2 aromatic heterocycles. The smallest absolute Gasteiger partial charge is 0.227 e. The molecule has 2 aliphatic rings. The third kappa shape index (κ3) is 3.66. The van der Waals surface area contributed by atoms with Gasteiger partial charge in [0.25, 0.3) is 0 Å². The highest BCUT2D eigenvalue weighted by Crippen LogP contribution is 2.29. The standard InChI is InChI=1S/C18H26N6O2/c1-2-22(7-8-24-6-3-5-19-24)17-10-16(14-4-9-26-13-14)20-18(21-17)23-11-15(25)12-23/h3,5-6,10,14-15,25H,2,4,7-9,11-13H2,1H3. The molecule has 0 aliphatic carbocycles. The van der Waals surface area contributed by atoms with Crippen molar-refractivity contribution in [3.8, 4) is 0 Å². The van der Waals surface area contributed by atoms with Gasteiger partial charge in [-0.2, -0.15) is 10.1 Å². The van der Waals surface area contributed by atoms with E-state index in [4.69, 9.17) is 14.7 Å². The highest BCUT2D eigenvalue weighted by Gasteiger charge is 2.29. The molecule has 2 saturated heterocycles. The largest absolute Gasteiger partial charge is 0.389 e. The molecule has 4 rings (SSSR count). The average Bonchev–Trinajstić information content (AvgIpc) is 3.33. The number of ether oxygens (including phenoxy) is 1. The summed E-state index contributed by atoms with van der Waals surface area (Å²) in [6.07, 6.45) is 4.49. The molecule has 1 atom stereocenters. The van der Waals surface area contributed by atoms with Gasteiger partial charge in [0.05, 0.1) is 24.9 Å². The minimum absolute atomic E-state index is 0.275. The van der Waals surface area contributed by atoms with E-state index in [2.05, 4.69) is 23.0 Å². The van der Waals surface area contributed by atoms with Crippen molar-refractivity contribution < 1.29 is 9.84 Å². The molecule has 0 radical (unpaired) electrons. The Bertz CT molecular complexity index is 710. The molecule has 8 nitrogen and oxygen atoms in total. The first-order valence-corrected chi connectivity index (χ1v) is 9.35. The summed E-state index contributed by atoms with van der Waals surface area (Å²) >= 11 is 0. The zero-order valence-corrected chi connectivity index (χ0v) is 15.2. The maximum absolute atomic E-state index is 9.64. The van der Waals surface area contributed by atoms with Gasteiger partial charge in [-0.3, -0.25) is 4.68 Å². The molecule has 0 aromatic carbocycles. The van der Waals surface area contributed by atoms with E-state index in [0.29, 0.717) is 25.0 Å². The van der Waals surface area contributed by atoms with Crippen molar-refractivity contribution in [1.82, 2.24) is 19.7 Å². The van der Waals surface area contributed by atoms with Crippen molar-refractivity contribution in [2.45, 2.75) is 31.9 Å². The summed E-state index contributed by atoms with van der Waals surface area (Å²) in [4.78, 5) is 13.9. The van der Waals surface area contributed by atoms with Gasteiger partial charge in [0.1, 0.15) is 5.82 Å². The van der Waals surface area contributed by atoms with Crippen molar-refractivity contribution in [3.05, 3.63) is 30.2 Å². The molecule has 2 aromatic rings. The Morgan fingerprint density at radius 3 is 2.88 bits per heavy atom. The summed E-state index contributed by atoms with van der Waals surface area (Å²) in [5, 5.41) is 13.9. The van der Waals surface area contributed by atoms with E-state index in [1.807, 2.05) is 21.8 Å². The van der Waals surface area contributed by atoms with Gasteiger partial charge >= 0.3 is 0 Å². The summed E-state index contributed by atoms with van der Waals surface area (Å²) < 4.78 is 7.49. The SMILES string of the molecule is CCN(CCn1cccn1)c1cc(C2CCOC2)nc(N2CC(O)C2)n1. The van der Waals surface area contributed by atoms with Gasteiger partial charge in [-0.1, -0.05) is 0 Å². The molecule has 2 aliphatic heterocycles. The highest BCUT2D eigenvalue weighted by atomic mass is 16.5. The lowest BCUT2D eigenvalue weighted by Crippen LogP contribution is -2.51. The van der Waals surface area contributed by atoms with Crippen LogP contribution in [-0.2, 0) is 11.3 Å². The van der Waals surface area contributed by atoms with Crippen molar-refractivity contribution >= 4 is 11.8 Å². The lowest BCUT2D eigenvalue weighted by Gasteiger charge is -2.36. The van der Waals surface area contributed by atoms with Crippen LogP contribution in [-0.4, -0.2) is 70.4 Å². The molecule has 26 heavy (non-hydrogen) atoms. The van der Waals surface area contributed by atoms with Crippen LogP contribution >= 0.6 is 0 Å². The number of nitrogens with zero attached hydrogens (tertiary/aromatic N) is 6. The molecule has 0 saturated carbocycles. The molecule has 1 N–H and O–H groups in total. The van der Waals surface area contributed by atoms with E-state index in [0.717, 1.165) is 50.8 Å². The van der Waals surface area contributed by atoms with Crippen LogP contribution in [0.25, 0.3) is 0 Å². The topological polar surface area (TPSA) is 79.5 Å². The molecule has 1 unspecified atom stereocenters. The zero-order chi connectivity index (χ0) is 17.9. The van der Waals surface area contributed by atoms with Gasteiger partial charge in [0.2, 0.25) is 5.95 Å². The normalized spacial score (nSPS) is 20.4. The number of hydrogen-bond donors (Lipinski definition) is 1. The number of rotatable bonds is 7. The third-order valence-electron chi connectivity index (χ3n) is 5.08. The van der Waals surface area contributed by atoms with Gasteiger partial charge in [0, 0.05) is 57.2 Å². The number of anilines is 2. The summed E-state index contributed by atoms with van der Waals surface area (Å²) in [7, 11) is 0. The van der Waals surface area contributed by atoms with Crippen molar-refractivity contribution in [2.75, 3.05) is 49.2 Å². The van der Waals surface area contributed by atoms with Crippen LogP contribution < -0.4 is 9.80 Å². The van der Waals surface area contributed by atoms with Gasteiger partial charge in [-0.15, -0.1) is 0 Å². The van der Waals surface area contributed by atoms with Crippen LogP contribution in [0.2, 0.25) is 0 Å². The molecular formula is C18H26N6O2. The first kappa shape index (κ1) is 17.2. The van der Waals surface area contributed by atoms with E-state index in [-0.39, 0.29) is 6.10 Å². The second-order valence-electron chi connectivity index (χ2n) is 6.92. The van der Waals surface area contributed by atoms with Crippen LogP contribution in [0.1, 0.15) is 25.0 Å². The van der Waals surface area contributed by atoms with Gasteiger partial charge in [0.15, 0.2) is 0 Å². The molecule has 140 valence electrons. The number of hydrogen-bond acceptors (Lipinski definition) is 7. The molecule has 4 heterocycles. The summed E-state index contributed by atoms with van der Waals surface area (Å²) in [5.74, 6) is 1.98. The number of aliphatic hydroxyl groups is 1. The predicted molar refractivity (Wildman–Crippen MR) is 98.5 cm³/mol. The van der Waals surface area contributed by atoms with Gasteiger partial charge < -0.3 is 19.6 Å². The Morgan fingerprint density at radius 2 is 2.23 bits per heavy atom. The summed E-state index contributed by atoms with van der Waals surface area (Å²) in [6.45, 7) is 7.35. The maximum Gasteiger partial charge on any atom is 0.227 e. The molecule has 8 heteroatoms. The highest BCUT2D eigenvalue weighted by molar-refractivity contribution is 5.48. The lowest BCUT2D eigenvalue weighted by atomic mass is 10.0. The molecular weight excluding hydrogens is 332 g/mol. The first-order chi connectivity index (χ1) is 12.7. The monoisotopic (exact) mass is 358 g/mol. The van der Waals surface area contributed by atoms with Crippen LogP contribution in [0.4, 0.5) is 11.8 Å². The molecule has 0 amide bonds. The summed E-state index contributed by atoms with van der Waals surface area (Å²) in [5.41, 5.74) is 1.04.